The van der Waals surface area contributed by atoms with E-state index in [0.717, 1.165) is 18.4 Å². The highest BCUT2D eigenvalue weighted by Gasteiger charge is 2.48. The Hall–Kier alpha value is -2.16. The van der Waals surface area contributed by atoms with Crippen LogP contribution >= 0.6 is 0 Å². The van der Waals surface area contributed by atoms with Gasteiger partial charge in [0.1, 0.15) is 11.9 Å². The molecule has 5 unspecified atom stereocenters. The molecule has 1 fully saturated rings. The van der Waals surface area contributed by atoms with Crippen molar-refractivity contribution in [3.8, 4) is 5.75 Å². The fraction of sp³-hybridized carbons (Fsp3) is 0.680. The van der Waals surface area contributed by atoms with E-state index in [1.54, 1.807) is 7.11 Å². The molecule has 1 aliphatic rings. The predicted octanol–water partition coefficient (Wildman–Crippen LogP) is 3.02. The molecule has 0 aliphatic heterocycles. The van der Waals surface area contributed by atoms with Crippen LogP contribution in [0, 0.1) is 11.8 Å². The van der Waals surface area contributed by atoms with Gasteiger partial charge in [-0.15, -0.1) is 0 Å². The number of methoxy groups -OCH3 is 1. The van der Waals surface area contributed by atoms with Crippen LogP contribution in [0.5, 0.6) is 5.75 Å². The number of nitrogens with zero attached hydrogens (tertiary/aromatic N) is 1. The Labute approximate surface area is 197 Å². The number of benzene rings is 1. The average Bonchev–Trinajstić information content (AvgIpc) is 2.78. The molecule has 33 heavy (non-hydrogen) atoms. The number of carbonyl (C=O) groups excluding carboxylic acids is 2. The molecule has 1 aromatic rings. The van der Waals surface area contributed by atoms with Gasteiger partial charge in [-0.25, -0.2) is 4.79 Å². The number of amides is 2. The lowest BCUT2D eigenvalue weighted by Crippen LogP contribution is -2.51. The normalized spacial score (nSPS) is 24.7. The van der Waals surface area contributed by atoms with E-state index >= 15 is 0 Å². The largest absolute Gasteiger partial charge is 0.497 e. The number of nitrogens with two attached hydrogens (primary N) is 1. The summed E-state index contributed by atoms with van der Waals surface area (Å²) in [5.74, 6) is 0.249. The monoisotopic (exact) mass is 463 g/mol. The molecule has 2 rings (SSSR count). The summed E-state index contributed by atoms with van der Waals surface area (Å²) in [6, 6.07) is 7.50. The van der Waals surface area contributed by atoms with Gasteiger partial charge in [-0.05, 0) is 70.4 Å². The third kappa shape index (κ3) is 7.16. The molecular weight excluding hydrogens is 422 g/mol. The third-order valence-electron chi connectivity index (χ3n) is 6.94. The standard InChI is InChI=1S/C25H41N3O5/c1-6-8-18(16-26)13-23(29)27-24(30)33-21-11-12-22(17(2)28(3)4)25(31,15-21)19-9-7-10-20(14-19)32-5/h7,9-10,14,17-18,21-22,31H,6,8,11-13,15-16,26H2,1-5H3,(H,27,29,30). The van der Waals surface area contributed by atoms with Gasteiger partial charge in [0, 0.05) is 24.8 Å². The summed E-state index contributed by atoms with van der Waals surface area (Å²) in [6.45, 7) is 4.52. The highest BCUT2D eigenvalue weighted by Crippen LogP contribution is 2.45. The molecule has 1 aliphatic carbocycles. The highest BCUT2D eigenvalue weighted by atomic mass is 16.6. The van der Waals surface area contributed by atoms with Crippen LogP contribution in [0.1, 0.15) is 57.9 Å². The van der Waals surface area contributed by atoms with E-state index in [-0.39, 0.29) is 36.6 Å². The number of hydrogen-bond acceptors (Lipinski definition) is 7. The molecule has 4 N–H and O–H groups in total. The number of aliphatic hydroxyl groups is 1. The first-order valence-electron chi connectivity index (χ1n) is 11.9. The zero-order chi connectivity index (χ0) is 24.6. The van der Waals surface area contributed by atoms with Gasteiger partial charge < -0.3 is 25.2 Å². The second kappa shape index (κ2) is 12.3. The molecule has 0 heterocycles. The van der Waals surface area contributed by atoms with Gasteiger partial charge in [0.2, 0.25) is 5.91 Å². The molecule has 1 saturated carbocycles. The lowest BCUT2D eigenvalue weighted by molar-refractivity contribution is -0.123. The predicted molar refractivity (Wildman–Crippen MR) is 128 cm³/mol. The molecule has 5 atom stereocenters. The van der Waals surface area contributed by atoms with E-state index in [2.05, 4.69) is 17.1 Å². The zero-order valence-corrected chi connectivity index (χ0v) is 20.7. The number of ether oxygens (including phenoxy) is 2. The van der Waals surface area contributed by atoms with Gasteiger partial charge in [-0.2, -0.15) is 0 Å². The molecule has 0 spiro atoms. The van der Waals surface area contributed by atoms with Crippen LogP contribution in [0.25, 0.3) is 0 Å². The lowest BCUT2D eigenvalue weighted by Gasteiger charge is -2.47. The summed E-state index contributed by atoms with van der Waals surface area (Å²) in [6.07, 6.45) is 2.19. The third-order valence-corrected chi connectivity index (χ3v) is 6.94. The van der Waals surface area contributed by atoms with Crippen LogP contribution in [0.4, 0.5) is 4.79 Å². The van der Waals surface area contributed by atoms with Gasteiger partial charge >= 0.3 is 6.09 Å². The Balaban J connectivity index is 2.13. The second-order valence-corrected chi connectivity index (χ2v) is 9.42. The molecular formula is C25H41N3O5. The summed E-state index contributed by atoms with van der Waals surface area (Å²) < 4.78 is 11.0. The average molecular weight is 464 g/mol. The van der Waals surface area contributed by atoms with E-state index in [0.29, 0.717) is 25.1 Å². The van der Waals surface area contributed by atoms with Crippen molar-refractivity contribution in [2.24, 2.45) is 17.6 Å². The number of carbonyl (C=O) groups is 2. The molecule has 1 aromatic carbocycles. The Morgan fingerprint density at radius 2 is 2.06 bits per heavy atom. The fourth-order valence-corrected chi connectivity index (χ4v) is 4.85. The molecule has 8 nitrogen and oxygen atoms in total. The summed E-state index contributed by atoms with van der Waals surface area (Å²) >= 11 is 0. The highest BCUT2D eigenvalue weighted by molar-refractivity contribution is 5.91. The van der Waals surface area contributed by atoms with Crippen molar-refractivity contribution in [3.05, 3.63) is 29.8 Å². The van der Waals surface area contributed by atoms with Crippen LogP contribution < -0.4 is 15.8 Å². The van der Waals surface area contributed by atoms with Crippen LogP contribution in [0.2, 0.25) is 0 Å². The number of hydrogen-bond donors (Lipinski definition) is 3. The maximum Gasteiger partial charge on any atom is 0.414 e. The van der Waals surface area contributed by atoms with Crippen molar-refractivity contribution >= 4 is 12.0 Å². The minimum absolute atomic E-state index is 0.0453. The number of alkyl carbamates (subject to hydrolysis) is 1. The smallest absolute Gasteiger partial charge is 0.414 e. The van der Waals surface area contributed by atoms with Crippen molar-refractivity contribution in [1.82, 2.24) is 10.2 Å². The number of nitrogens with one attached hydrogen (secondary N) is 1. The van der Waals surface area contributed by atoms with Crippen LogP contribution in [-0.4, -0.2) is 61.9 Å². The number of imide groups is 1. The number of rotatable bonds is 10. The minimum Gasteiger partial charge on any atom is -0.497 e. The quantitative estimate of drug-likeness (QED) is 0.489. The molecule has 0 bridgehead atoms. The van der Waals surface area contributed by atoms with Crippen molar-refractivity contribution in [2.45, 2.75) is 70.1 Å². The van der Waals surface area contributed by atoms with Crippen molar-refractivity contribution in [3.63, 3.8) is 0 Å². The van der Waals surface area contributed by atoms with E-state index in [4.69, 9.17) is 15.2 Å². The molecule has 186 valence electrons. The molecule has 0 saturated heterocycles. The van der Waals surface area contributed by atoms with Crippen LogP contribution in [-0.2, 0) is 15.1 Å². The van der Waals surface area contributed by atoms with E-state index in [1.807, 2.05) is 45.3 Å². The molecule has 0 radical (unpaired) electrons. The first-order chi connectivity index (χ1) is 15.6. The maximum atomic E-state index is 12.4. The van der Waals surface area contributed by atoms with Crippen LogP contribution in [0.15, 0.2) is 24.3 Å². The van der Waals surface area contributed by atoms with Crippen molar-refractivity contribution in [1.29, 1.82) is 0 Å². The lowest BCUT2D eigenvalue weighted by atomic mass is 9.67. The zero-order valence-electron chi connectivity index (χ0n) is 20.7. The molecule has 2 amide bonds. The second-order valence-electron chi connectivity index (χ2n) is 9.42. The fourth-order valence-electron chi connectivity index (χ4n) is 4.85. The Morgan fingerprint density at radius 1 is 1.33 bits per heavy atom. The van der Waals surface area contributed by atoms with Gasteiger partial charge in [-0.1, -0.05) is 25.5 Å². The Kier molecular flexibility index (Phi) is 10.1. The van der Waals surface area contributed by atoms with Gasteiger partial charge in [0.05, 0.1) is 12.7 Å². The topological polar surface area (TPSA) is 114 Å². The van der Waals surface area contributed by atoms with E-state index in [9.17, 15) is 14.7 Å². The van der Waals surface area contributed by atoms with Gasteiger partial charge in [0.25, 0.3) is 0 Å². The summed E-state index contributed by atoms with van der Waals surface area (Å²) in [5.41, 5.74) is 5.24. The Morgan fingerprint density at radius 3 is 2.67 bits per heavy atom. The van der Waals surface area contributed by atoms with Gasteiger partial charge in [-0.3, -0.25) is 10.1 Å². The summed E-state index contributed by atoms with van der Waals surface area (Å²) in [7, 11) is 5.57. The first-order valence-corrected chi connectivity index (χ1v) is 11.9. The van der Waals surface area contributed by atoms with Gasteiger partial charge in [0.15, 0.2) is 0 Å². The maximum absolute atomic E-state index is 12.4. The molecule has 8 heteroatoms. The first kappa shape index (κ1) is 27.1. The van der Waals surface area contributed by atoms with Crippen LogP contribution in [0.3, 0.4) is 0 Å². The Bertz CT molecular complexity index is 787. The van der Waals surface area contributed by atoms with E-state index < -0.39 is 17.8 Å². The molecule has 0 aromatic heterocycles. The summed E-state index contributed by atoms with van der Waals surface area (Å²) in [5, 5.41) is 14.3. The summed E-state index contributed by atoms with van der Waals surface area (Å²) in [4.78, 5) is 26.8. The SMILES string of the molecule is CCCC(CN)CC(=O)NC(=O)OC1CCC(C(C)N(C)C)C(O)(c2cccc(OC)c2)C1. The van der Waals surface area contributed by atoms with E-state index in [1.165, 1.54) is 0 Å². The minimum atomic E-state index is -1.21. The van der Waals surface area contributed by atoms with Crippen molar-refractivity contribution in [2.75, 3.05) is 27.7 Å². The van der Waals surface area contributed by atoms with Crippen molar-refractivity contribution < 1.29 is 24.2 Å².